The van der Waals surface area contributed by atoms with Gasteiger partial charge in [0.05, 0.1) is 12.7 Å². The molecule has 1 amide bonds. The van der Waals surface area contributed by atoms with Crippen molar-refractivity contribution in [2.75, 3.05) is 19.0 Å². The molecule has 0 aliphatic carbocycles. The second-order valence-electron chi connectivity index (χ2n) is 4.36. The van der Waals surface area contributed by atoms with Gasteiger partial charge in [-0.1, -0.05) is 15.9 Å². The Morgan fingerprint density at radius 3 is 2.27 bits per heavy atom. The quantitative estimate of drug-likeness (QED) is 0.828. The molecule has 0 saturated carbocycles. The van der Waals surface area contributed by atoms with Gasteiger partial charge in [-0.3, -0.25) is 4.79 Å². The predicted octanol–water partition coefficient (Wildman–Crippen LogP) is 3.25. The van der Waals surface area contributed by atoms with Crippen molar-refractivity contribution in [3.8, 4) is 5.75 Å². The molecule has 0 atom stereocenters. The van der Waals surface area contributed by atoms with Crippen LogP contribution in [0.2, 0.25) is 0 Å². The minimum absolute atomic E-state index is 0.117. The highest BCUT2D eigenvalue weighted by Gasteiger charge is 2.06. The lowest BCUT2D eigenvalue weighted by molar-refractivity contribution is -0.118. The smallest absolute Gasteiger partial charge is 0.337 e. The van der Waals surface area contributed by atoms with Gasteiger partial charge in [-0.25, -0.2) is 4.79 Å². The zero-order valence-electron chi connectivity index (χ0n) is 11.8. The summed E-state index contributed by atoms with van der Waals surface area (Å²) in [7, 11) is 1.32. The number of rotatable bonds is 5. The fourth-order valence-electron chi connectivity index (χ4n) is 1.68. The van der Waals surface area contributed by atoms with E-state index < -0.39 is 5.97 Å². The lowest BCUT2D eigenvalue weighted by atomic mass is 10.2. The molecule has 0 spiro atoms. The maximum Gasteiger partial charge on any atom is 0.337 e. The minimum Gasteiger partial charge on any atom is -0.484 e. The molecule has 0 aliphatic rings. The van der Waals surface area contributed by atoms with E-state index in [-0.39, 0.29) is 12.5 Å². The number of esters is 1. The van der Waals surface area contributed by atoms with Crippen LogP contribution in [0.15, 0.2) is 53.0 Å². The van der Waals surface area contributed by atoms with Crippen molar-refractivity contribution in [2.45, 2.75) is 0 Å². The Labute approximate surface area is 136 Å². The van der Waals surface area contributed by atoms with Crippen LogP contribution >= 0.6 is 15.9 Å². The lowest BCUT2D eigenvalue weighted by Gasteiger charge is -2.08. The van der Waals surface area contributed by atoms with Gasteiger partial charge in [0.2, 0.25) is 0 Å². The van der Waals surface area contributed by atoms with Crippen LogP contribution in [0.5, 0.6) is 5.75 Å². The Bertz CT molecular complexity index is 653. The van der Waals surface area contributed by atoms with Crippen LogP contribution in [0, 0.1) is 0 Å². The number of nitrogens with one attached hydrogen (secondary N) is 1. The normalized spacial score (nSPS) is 9.91. The number of halogens is 1. The van der Waals surface area contributed by atoms with E-state index in [1.165, 1.54) is 7.11 Å². The summed E-state index contributed by atoms with van der Waals surface area (Å²) in [6.07, 6.45) is 0. The van der Waals surface area contributed by atoms with Crippen molar-refractivity contribution in [2.24, 2.45) is 0 Å². The third-order valence-electron chi connectivity index (χ3n) is 2.77. The Balaban J connectivity index is 1.85. The van der Waals surface area contributed by atoms with E-state index in [4.69, 9.17) is 4.74 Å². The van der Waals surface area contributed by atoms with E-state index in [0.717, 1.165) is 4.47 Å². The first-order valence-corrected chi connectivity index (χ1v) is 7.24. The largest absolute Gasteiger partial charge is 0.484 e. The van der Waals surface area contributed by atoms with Crippen LogP contribution < -0.4 is 10.1 Å². The molecule has 2 rings (SSSR count). The van der Waals surface area contributed by atoms with Gasteiger partial charge in [0.25, 0.3) is 5.91 Å². The number of benzene rings is 2. The van der Waals surface area contributed by atoms with Crippen LogP contribution in [0.1, 0.15) is 10.4 Å². The molecule has 0 aromatic heterocycles. The predicted molar refractivity (Wildman–Crippen MR) is 86.0 cm³/mol. The number of hydrogen-bond acceptors (Lipinski definition) is 4. The highest BCUT2D eigenvalue weighted by atomic mass is 79.9. The maximum absolute atomic E-state index is 11.8. The van der Waals surface area contributed by atoms with Gasteiger partial charge in [-0.15, -0.1) is 0 Å². The summed E-state index contributed by atoms with van der Waals surface area (Å²) in [5.41, 5.74) is 1.12. The van der Waals surface area contributed by atoms with Gasteiger partial charge in [0.15, 0.2) is 6.61 Å². The molecule has 0 bridgehead atoms. The van der Waals surface area contributed by atoms with Gasteiger partial charge < -0.3 is 14.8 Å². The molecule has 0 fully saturated rings. The summed E-state index contributed by atoms with van der Waals surface area (Å²) in [6.45, 7) is -0.117. The van der Waals surface area contributed by atoms with E-state index in [1.807, 2.05) is 12.1 Å². The molecule has 22 heavy (non-hydrogen) atoms. The topological polar surface area (TPSA) is 64.6 Å². The van der Waals surface area contributed by atoms with Gasteiger partial charge in [0.1, 0.15) is 5.75 Å². The summed E-state index contributed by atoms with van der Waals surface area (Å²) in [4.78, 5) is 23.1. The van der Waals surface area contributed by atoms with E-state index in [1.54, 1.807) is 36.4 Å². The number of carbonyl (C=O) groups is 2. The zero-order chi connectivity index (χ0) is 15.9. The van der Waals surface area contributed by atoms with Crippen LogP contribution in [-0.4, -0.2) is 25.6 Å². The van der Waals surface area contributed by atoms with E-state index in [9.17, 15) is 9.59 Å². The fraction of sp³-hybridized carbons (Fsp3) is 0.125. The van der Waals surface area contributed by atoms with Crippen molar-refractivity contribution in [3.63, 3.8) is 0 Å². The summed E-state index contributed by atoms with van der Waals surface area (Å²) in [5.74, 6) is -0.183. The number of methoxy groups -OCH3 is 1. The molecule has 2 aromatic rings. The third-order valence-corrected chi connectivity index (χ3v) is 3.30. The maximum atomic E-state index is 11.8. The molecule has 114 valence electrons. The zero-order valence-corrected chi connectivity index (χ0v) is 13.4. The van der Waals surface area contributed by atoms with Crippen LogP contribution in [0.25, 0.3) is 0 Å². The molecule has 6 heteroatoms. The molecule has 5 nitrogen and oxygen atoms in total. The average Bonchev–Trinajstić information content (AvgIpc) is 2.55. The molecule has 0 heterocycles. The summed E-state index contributed by atoms with van der Waals surface area (Å²) >= 11 is 3.32. The lowest BCUT2D eigenvalue weighted by Crippen LogP contribution is -2.20. The van der Waals surface area contributed by atoms with E-state index in [2.05, 4.69) is 26.0 Å². The molecule has 0 radical (unpaired) electrons. The number of anilines is 1. The molecule has 0 aliphatic heterocycles. The number of carbonyl (C=O) groups excluding carboxylic acids is 2. The molecular weight excluding hydrogens is 350 g/mol. The molecular formula is C16H14BrNO4. The SMILES string of the molecule is COC(=O)c1ccc(OCC(=O)Nc2ccc(Br)cc2)cc1. The first-order valence-electron chi connectivity index (χ1n) is 6.45. The number of hydrogen-bond donors (Lipinski definition) is 1. The third kappa shape index (κ3) is 4.60. The first kappa shape index (κ1) is 16.0. The minimum atomic E-state index is -0.417. The second kappa shape index (κ2) is 7.61. The van der Waals surface area contributed by atoms with Crippen molar-refractivity contribution in [3.05, 3.63) is 58.6 Å². The van der Waals surface area contributed by atoms with Gasteiger partial charge in [-0.05, 0) is 48.5 Å². The van der Waals surface area contributed by atoms with Crippen LogP contribution in [0.3, 0.4) is 0 Å². The van der Waals surface area contributed by atoms with Crippen molar-refractivity contribution in [1.82, 2.24) is 0 Å². The highest BCUT2D eigenvalue weighted by Crippen LogP contribution is 2.15. The Morgan fingerprint density at radius 1 is 1.05 bits per heavy atom. The Kier molecular flexibility index (Phi) is 5.55. The number of ether oxygens (including phenoxy) is 2. The van der Waals surface area contributed by atoms with Gasteiger partial charge in [0, 0.05) is 10.2 Å². The van der Waals surface area contributed by atoms with Crippen LogP contribution in [-0.2, 0) is 9.53 Å². The first-order chi connectivity index (χ1) is 10.6. The number of amides is 1. The standard InChI is InChI=1S/C16H14BrNO4/c1-21-16(20)11-2-8-14(9-3-11)22-10-15(19)18-13-6-4-12(17)5-7-13/h2-9H,10H2,1H3,(H,18,19). The summed E-state index contributed by atoms with van der Waals surface area (Å²) < 4.78 is 10.9. The molecule has 0 saturated heterocycles. The van der Waals surface area contributed by atoms with E-state index in [0.29, 0.717) is 17.0 Å². The Morgan fingerprint density at radius 2 is 1.68 bits per heavy atom. The Hall–Kier alpha value is -2.34. The van der Waals surface area contributed by atoms with Crippen LogP contribution in [0.4, 0.5) is 5.69 Å². The van der Waals surface area contributed by atoms with Gasteiger partial charge in [-0.2, -0.15) is 0 Å². The second-order valence-corrected chi connectivity index (χ2v) is 5.28. The summed E-state index contributed by atoms with van der Waals surface area (Å²) in [5, 5.41) is 2.72. The average molecular weight is 364 g/mol. The molecule has 0 unspecified atom stereocenters. The monoisotopic (exact) mass is 363 g/mol. The van der Waals surface area contributed by atoms with Crippen molar-refractivity contribution >= 4 is 33.5 Å². The summed E-state index contributed by atoms with van der Waals surface area (Å²) in [6, 6.07) is 13.6. The van der Waals surface area contributed by atoms with Crippen molar-refractivity contribution < 1.29 is 19.1 Å². The molecule has 1 N–H and O–H groups in total. The van der Waals surface area contributed by atoms with E-state index >= 15 is 0 Å². The molecule has 2 aromatic carbocycles. The van der Waals surface area contributed by atoms with Gasteiger partial charge >= 0.3 is 5.97 Å². The highest BCUT2D eigenvalue weighted by molar-refractivity contribution is 9.10. The van der Waals surface area contributed by atoms with Crippen molar-refractivity contribution in [1.29, 1.82) is 0 Å². The fourth-order valence-corrected chi connectivity index (χ4v) is 1.95.